The van der Waals surface area contributed by atoms with Crippen LogP contribution in [0.4, 0.5) is 0 Å². The first-order valence-electron chi connectivity index (χ1n) is 11.0. The van der Waals surface area contributed by atoms with E-state index in [1.807, 2.05) is 33.2 Å². The number of hydrogen-bond donors (Lipinski definition) is 0. The van der Waals surface area contributed by atoms with Crippen molar-refractivity contribution in [3.8, 4) is 11.4 Å². The lowest BCUT2D eigenvalue weighted by molar-refractivity contribution is 0.910. The van der Waals surface area contributed by atoms with Crippen LogP contribution in [0.25, 0.3) is 59.9 Å². The molecule has 0 aliphatic carbocycles. The van der Waals surface area contributed by atoms with Crippen molar-refractivity contribution in [3.05, 3.63) is 96.8 Å². The molecule has 0 radical (unpaired) electrons. The van der Waals surface area contributed by atoms with E-state index in [1.165, 1.54) is 21.8 Å². The van der Waals surface area contributed by atoms with Crippen molar-refractivity contribution in [1.82, 2.24) is 28.9 Å². The molecule has 0 atom stereocenters. The number of aromatic nitrogens is 6. The summed E-state index contributed by atoms with van der Waals surface area (Å²) in [6, 6.07) is 27.7. The van der Waals surface area contributed by atoms with E-state index in [2.05, 4.69) is 82.5 Å². The second kappa shape index (κ2) is 6.52. The van der Waals surface area contributed by atoms with Crippen LogP contribution in [0.5, 0.6) is 0 Å². The minimum Gasteiger partial charge on any atom is -0.309 e. The SMILES string of the molecule is c1cc(-n2ncc3c2c2ncsc2c2ccnn23)cc(-n2c3ccccc3c3ccccc32)c1. The van der Waals surface area contributed by atoms with Crippen molar-refractivity contribution in [1.29, 1.82) is 0 Å². The lowest BCUT2D eigenvalue weighted by Gasteiger charge is -2.11. The first kappa shape index (κ1) is 18.0. The van der Waals surface area contributed by atoms with E-state index >= 15 is 0 Å². The van der Waals surface area contributed by atoms with E-state index in [4.69, 9.17) is 10.1 Å². The molecule has 0 saturated heterocycles. The van der Waals surface area contributed by atoms with E-state index < -0.39 is 0 Å². The number of thiazole rings is 1. The summed E-state index contributed by atoms with van der Waals surface area (Å²) in [5.41, 5.74) is 10.3. The maximum Gasteiger partial charge on any atom is 0.120 e. The van der Waals surface area contributed by atoms with Gasteiger partial charge in [0.25, 0.3) is 0 Å². The Labute approximate surface area is 196 Å². The third-order valence-electron chi connectivity index (χ3n) is 6.56. The van der Waals surface area contributed by atoms with Crippen LogP contribution in [0.15, 0.2) is 96.8 Å². The summed E-state index contributed by atoms with van der Waals surface area (Å²) in [7, 11) is 0. The Morgan fingerprint density at radius 1 is 0.676 bits per heavy atom. The lowest BCUT2D eigenvalue weighted by Crippen LogP contribution is -2.00. The van der Waals surface area contributed by atoms with E-state index in [0.29, 0.717) is 0 Å². The molecule has 0 spiro atoms. The zero-order chi connectivity index (χ0) is 22.2. The Bertz CT molecular complexity index is 1950. The van der Waals surface area contributed by atoms with Crippen molar-refractivity contribution in [2.45, 2.75) is 0 Å². The van der Waals surface area contributed by atoms with Crippen LogP contribution >= 0.6 is 11.3 Å². The molecule has 5 heterocycles. The van der Waals surface area contributed by atoms with Gasteiger partial charge in [0, 0.05) is 16.5 Å². The first-order chi connectivity index (χ1) is 16.9. The Morgan fingerprint density at radius 3 is 2.26 bits per heavy atom. The molecule has 34 heavy (non-hydrogen) atoms. The third-order valence-corrected chi connectivity index (χ3v) is 7.41. The fourth-order valence-electron chi connectivity index (χ4n) is 5.14. The molecule has 0 aliphatic heterocycles. The highest BCUT2D eigenvalue weighted by molar-refractivity contribution is 7.17. The third kappa shape index (κ3) is 2.26. The molecule has 0 bridgehead atoms. The Morgan fingerprint density at radius 2 is 1.44 bits per heavy atom. The van der Waals surface area contributed by atoms with Gasteiger partial charge in [0.05, 0.1) is 44.8 Å². The molecule has 0 saturated carbocycles. The Hall–Kier alpha value is -4.49. The molecule has 0 fully saturated rings. The molecular weight excluding hydrogens is 440 g/mol. The van der Waals surface area contributed by atoms with Crippen LogP contribution in [-0.2, 0) is 0 Å². The van der Waals surface area contributed by atoms with Gasteiger partial charge in [0.1, 0.15) is 16.6 Å². The highest BCUT2D eigenvalue weighted by atomic mass is 32.1. The van der Waals surface area contributed by atoms with Crippen LogP contribution in [0.3, 0.4) is 0 Å². The molecule has 0 unspecified atom stereocenters. The number of rotatable bonds is 2. The largest absolute Gasteiger partial charge is 0.309 e. The number of fused-ring (bicyclic) bond motifs is 9. The summed E-state index contributed by atoms with van der Waals surface area (Å²) in [6.45, 7) is 0. The maximum atomic E-state index is 4.78. The zero-order valence-corrected chi connectivity index (χ0v) is 18.6. The van der Waals surface area contributed by atoms with Gasteiger partial charge in [-0.1, -0.05) is 42.5 Å². The minimum atomic E-state index is 0.945. The van der Waals surface area contributed by atoms with Crippen LogP contribution in [0.2, 0.25) is 0 Å². The number of para-hydroxylation sites is 2. The maximum absolute atomic E-state index is 4.78. The summed E-state index contributed by atoms with van der Waals surface area (Å²) in [5, 5.41) is 11.8. The molecule has 0 amide bonds. The molecule has 8 aromatic rings. The highest BCUT2D eigenvalue weighted by Crippen LogP contribution is 2.34. The highest BCUT2D eigenvalue weighted by Gasteiger charge is 2.18. The predicted molar refractivity (Wildman–Crippen MR) is 137 cm³/mol. The molecule has 7 heteroatoms. The van der Waals surface area contributed by atoms with E-state index in [0.717, 1.165) is 38.1 Å². The van der Waals surface area contributed by atoms with Crippen molar-refractivity contribution in [3.63, 3.8) is 0 Å². The topological polar surface area (TPSA) is 52.9 Å². The summed E-state index contributed by atoms with van der Waals surface area (Å²) in [6.07, 6.45) is 3.70. The second-order valence-corrected chi connectivity index (χ2v) is 9.19. The average Bonchev–Trinajstić information content (AvgIpc) is 3.67. The molecule has 6 nitrogen and oxygen atoms in total. The van der Waals surface area contributed by atoms with Crippen molar-refractivity contribution in [2.75, 3.05) is 0 Å². The first-order valence-corrected chi connectivity index (χ1v) is 11.9. The van der Waals surface area contributed by atoms with Crippen LogP contribution in [-0.4, -0.2) is 28.9 Å². The van der Waals surface area contributed by atoms with Crippen molar-refractivity contribution >= 4 is 59.9 Å². The van der Waals surface area contributed by atoms with Gasteiger partial charge in [-0.15, -0.1) is 11.3 Å². The van der Waals surface area contributed by atoms with E-state index in [1.54, 1.807) is 11.3 Å². The van der Waals surface area contributed by atoms with Crippen LogP contribution < -0.4 is 0 Å². The van der Waals surface area contributed by atoms with Gasteiger partial charge in [-0.25, -0.2) is 14.2 Å². The van der Waals surface area contributed by atoms with Gasteiger partial charge in [0.15, 0.2) is 0 Å². The molecule has 0 N–H and O–H groups in total. The summed E-state index contributed by atoms with van der Waals surface area (Å²) in [5.74, 6) is 0. The molecule has 160 valence electrons. The standard InChI is InChI=1S/C27H16N6S/c1-3-10-21-19(8-1)20-9-2-4-11-22(20)31(21)17-6-5-7-18(14-17)32-26-24(15-30-32)33-23(12-13-29-33)27-25(26)28-16-34-27/h1-16H. The minimum absolute atomic E-state index is 0.945. The van der Waals surface area contributed by atoms with Crippen LogP contribution in [0.1, 0.15) is 0 Å². The monoisotopic (exact) mass is 456 g/mol. The van der Waals surface area contributed by atoms with Gasteiger partial charge < -0.3 is 4.57 Å². The lowest BCUT2D eigenvalue weighted by atomic mass is 10.2. The van der Waals surface area contributed by atoms with E-state index in [9.17, 15) is 0 Å². The van der Waals surface area contributed by atoms with Gasteiger partial charge >= 0.3 is 0 Å². The average molecular weight is 457 g/mol. The molecular formula is C27H16N6S. The predicted octanol–water partition coefficient (Wildman–Crippen LogP) is 6.38. The molecule has 5 aromatic heterocycles. The normalized spacial score (nSPS) is 12.1. The smallest absolute Gasteiger partial charge is 0.120 e. The quantitative estimate of drug-likeness (QED) is 0.303. The summed E-state index contributed by atoms with van der Waals surface area (Å²) >= 11 is 1.63. The van der Waals surface area contributed by atoms with Crippen LogP contribution in [0, 0.1) is 0 Å². The van der Waals surface area contributed by atoms with Gasteiger partial charge in [0.2, 0.25) is 0 Å². The molecule has 3 aromatic carbocycles. The number of pyridine rings is 1. The number of benzene rings is 3. The van der Waals surface area contributed by atoms with Crippen molar-refractivity contribution < 1.29 is 0 Å². The van der Waals surface area contributed by atoms with Gasteiger partial charge in [-0.05, 0) is 36.4 Å². The van der Waals surface area contributed by atoms with Crippen molar-refractivity contribution in [2.24, 2.45) is 0 Å². The number of nitrogens with zero attached hydrogens (tertiary/aromatic N) is 6. The second-order valence-electron chi connectivity index (χ2n) is 8.34. The van der Waals surface area contributed by atoms with Gasteiger partial charge in [-0.3, -0.25) is 0 Å². The molecule has 8 rings (SSSR count). The summed E-state index contributed by atoms with van der Waals surface area (Å²) in [4.78, 5) is 4.70. The van der Waals surface area contributed by atoms with Gasteiger partial charge in [-0.2, -0.15) is 10.2 Å². The fourth-order valence-corrected chi connectivity index (χ4v) is 5.94. The summed E-state index contributed by atoms with van der Waals surface area (Å²) < 4.78 is 7.38. The van der Waals surface area contributed by atoms with E-state index in [-0.39, 0.29) is 0 Å². The number of hydrogen-bond acceptors (Lipinski definition) is 4. The Kier molecular flexibility index (Phi) is 3.45. The zero-order valence-electron chi connectivity index (χ0n) is 17.8. The fraction of sp³-hybridized carbons (Fsp3) is 0. The Balaban J connectivity index is 1.43. The molecule has 0 aliphatic rings.